The zero-order valence-corrected chi connectivity index (χ0v) is 12.1. The van der Waals surface area contributed by atoms with Crippen LogP contribution < -0.4 is 5.32 Å². The Morgan fingerprint density at radius 2 is 1.96 bits per heavy atom. The Bertz CT molecular complexity index is 883. The molecular weight excluding hydrogens is 294 g/mol. The number of H-pyrrole nitrogens is 1. The zero-order valence-electron chi connectivity index (χ0n) is 12.1. The van der Waals surface area contributed by atoms with Crippen LogP contribution in [-0.2, 0) is 16.0 Å². The van der Waals surface area contributed by atoms with Gasteiger partial charge < -0.3 is 9.72 Å². The van der Waals surface area contributed by atoms with E-state index in [-0.39, 0.29) is 0 Å². The second kappa shape index (κ2) is 5.24. The number of ether oxygens (including phenoxy) is 1. The molecule has 3 aromatic rings. The second-order valence-corrected chi connectivity index (χ2v) is 5.35. The number of nitrogens with one attached hydrogen (secondary N) is 2. The SMILES string of the molecule is O=C1O[C@@H](C(=O)Nc2nc3ccccc3[nH]2)Cc2ccccc21. The maximum absolute atomic E-state index is 12.4. The average molecular weight is 307 g/mol. The molecule has 2 heterocycles. The molecule has 1 atom stereocenters. The first kappa shape index (κ1) is 13.5. The number of cyclic esters (lactones) is 1. The van der Waals surface area contributed by atoms with Crippen LogP contribution in [0.3, 0.4) is 0 Å². The smallest absolute Gasteiger partial charge is 0.339 e. The third-order valence-electron chi connectivity index (χ3n) is 3.82. The number of imidazole rings is 1. The van der Waals surface area contributed by atoms with E-state index in [0.717, 1.165) is 16.6 Å². The van der Waals surface area contributed by atoms with Gasteiger partial charge >= 0.3 is 5.97 Å². The number of fused-ring (bicyclic) bond motifs is 2. The van der Waals surface area contributed by atoms with Crippen molar-refractivity contribution in [1.82, 2.24) is 9.97 Å². The summed E-state index contributed by atoms with van der Waals surface area (Å²) in [7, 11) is 0. The number of esters is 1. The number of carbonyl (C=O) groups excluding carboxylic acids is 2. The van der Waals surface area contributed by atoms with E-state index in [4.69, 9.17) is 4.74 Å². The van der Waals surface area contributed by atoms with Gasteiger partial charge in [0.2, 0.25) is 5.95 Å². The van der Waals surface area contributed by atoms with Crippen LogP contribution in [0.15, 0.2) is 48.5 Å². The van der Waals surface area contributed by atoms with Crippen molar-refractivity contribution in [1.29, 1.82) is 0 Å². The maximum atomic E-state index is 12.4. The van der Waals surface area contributed by atoms with E-state index in [1.807, 2.05) is 36.4 Å². The van der Waals surface area contributed by atoms with Crippen molar-refractivity contribution in [3.63, 3.8) is 0 Å². The highest BCUT2D eigenvalue weighted by Crippen LogP contribution is 2.21. The molecule has 2 aromatic carbocycles. The molecule has 2 N–H and O–H groups in total. The molecule has 1 aliphatic heterocycles. The molecule has 0 fully saturated rings. The number of aromatic nitrogens is 2. The Hall–Kier alpha value is -3.15. The monoisotopic (exact) mass is 307 g/mol. The van der Waals surface area contributed by atoms with E-state index in [2.05, 4.69) is 15.3 Å². The minimum Gasteiger partial charge on any atom is -0.448 e. The van der Waals surface area contributed by atoms with E-state index in [0.29, 0.717) is 17.9 Å². The van der Waals surface area contributed by atoms with Crippen molar-refractivity contribution in [3.05, 3.63) is 59.7 Å². The van der Waals surface area contributed by atoms with Crippen LogP contribution >= 0.6 is 0 Å². The Kier molecular flexibility index (Phi) is 3.08. The normalized spacial score (nSPS) is 16.7. The molecule has 0 saturated heterocycles. The molecule has 1 amide bonds. The first-order valence-corrected chi connectivity index (χ1v) is 7.25. The first-order valence-electron chi connectivity index (χ1n) is 7.25. The summed E-state index contributed by atoms with van der Waals surface area (Å²) in [4.78, 5) is 31.6. The molecule has 0 bridgehead atoms. The Balaban J connectivity index is 1.55. The number of benzene rings is 2. The minimum atomic E-state index is -0.856. The van der Waals surface area contributed by atoms with E-state index in [1.54, 1.807) is 12.1 Å². The van der Waals surface area contributed by atoms with Crippen LogP contribution in [0.4, 0.5) is 5.95 Å². The van der Waals surface area contributed by atoms with Crippen LogP contribution in [0, 0.1) is 0 Å². The van der Waals surface area contributed by atoms with E-state index >= 15 is 0 Å². The van der Waals surface area contributed by atoms with Crippen LogP contribution in [0.1, 0.15) is 15.9 Å². The highest BCUT2D eigenvalue weighted by Gasteiger charge is 2.31. The van der Waals surface area contributed by atoms with E-state index in [9.17, 15) is 9.59 Å². The zero-order chi connectivity index (χ0) is 15.8. The molecule has 1 aliphatic rings. The predicted molar refractivity (Wildman–Crippen MR) is 84.1 cm³/mol. The fraction of sp³-hybridized carbons (Fsp3) is 0.118. The predicted octanol–water partition coefficient (Wildman–Crippen LogP) is 2.28. The van der Waals surface area contributed by atoms with Gasteiger partial charge in [0.15, 0.2) is 6.10 Å². The number of para-hydroxylation sites is 2. The lowest BCUT2D eigenvalue weighted by molar-refractivity contribution is -0.125. The standard InChI is InChI=1S/C17H13N3O3/c21-15(20-17-18-12-7-3-4-8-13(12)19-17)14-9-10-5-1-2-6-11(10)16(22)23-14/h1-8,14H,9H2,(H2,18,19,20,21)/t14-/m1/s1. The minimum absolute atomic E-state index is 0.339. The third-order valence-corrected chi connectivity index (χ3v) is 3.82. The molecule has 23 heavy (non-hydrogen) atoms. The van der Waals surface area contributed by atoms with E-state index in [1.165, 1.54) is 0 Å². The summed E-state index contributed by atoms with van der Waals surface area (Å²) in [6.07, 6.45) is -0.501. The molecule has 0 unspecified atom stereocenters. The highest BCUT2D eigenvalue weighted by molar-refractivity contribution is 5.99. The largest absolute Gasteiger partial charge is 0.448 e. The summed E-state index contributed by atoms with van der Waals surface area (Å²) >= 11 is 0. The molecule has 0 aliphatic carbocycles. The molecule has 0 spiro atoms. The number of aromatic amines is 1. The fourth-order valence-corrected chi connectivity index (χ4v) is 2.69. The molecule has 0 radical (unpaired) electrons. The summed E-state index contributed by atoms with van der Waals surface area (Å²) < 4.78 is 5.23. The van der Waals surface area contributed by atoms with Crippen molar-refractivity contribution >= 4 is 28.9 Å². The summed E-state index contributed by atoms with van der Waals surface area (Å²) in [5, 5.41) is 2.67. The molecule has 1 aromatic heterocycles. The van der Waals surface area contributed by atoms with Crippen LogP contribution in [-0.4, -0.2) is 27.9 Å². The third kappa shape index (κ3) is 2.44. The molecule has 114 valence electrons. The summed E-state index contributed by atoms with van der Waals surface area (Å²) in [6, 6.07) is 14.6. The number of hydrogen-bond acceptors (Lipinski definition) is 4. The van der Waals surface area contributed by atoms with Gasteiger partial charge in [-0.25, -0.2) is 9.78 Å². The van der Waals surface area contributed by atoms with Gasteiger partial charge in [-0.3, -0.25) is 10.1 Å². The Morgan fingerprint density at radius 3 is 2.83 bits per heavy atom. The number of carbonyl (C=O) groups is 2. The van der Waals surface area contributed by atoms with Gasteiger partial charge in [-0.15, -0.1) is 0 Å². The van der Waals surface area contributed by atoms with Gasteiger partial charge in [0.1, 0.15) is 0 Å². The van der Waals surface area contributed by atoms with Gasteiger partial charge in [-0.05, 0) is 23.8 Å². The van der Waals surface area contributed by atoms with Crippen molar-refractivity contribution in [3.8, 4) is 0 Å². The van der Waals surface area contributed by atoms with Gasteiger partial charge in [0, 0.05) is 6.42 Å². The van der Waals surface area contributed by atoms with Crippen LogP contribution in [0.5, 0.6) is 0 Å². The number of hydrogen-bond donors (Lipinski definition) is 2. The average Bonchev–Trinajstić information content (AvgIpc) is 2.97. The van der Waals surface area contributed by atoms with Gasteiger partial charge in [0.25, 0.3) is 5.91 Å². The van der Waals surface area contributed by atoms with Crippen molar-refractivity contribution in [2.75, 3.05) is 5.32 Å². The van der Waals surface area contributed by atoms with E-state index < -0.39 is 18.0 Å². The summed E-state index contributed by atoms with van der Waals surface area (Å²) in [6.45, 7) is 0. The van der Waals surface area contributed by atoms with Crippen LogP contribution in [0.2, 0.25) is 0 Å². The van der Waals surface area contributed by atoms with Crippen LogP contribution in [0.25, 0.3) is 11.0 Å². The fourth-order valence-electron chi connectivity index (χ4n) is 2.69. The highest BCUT2D eigenvalue weighted by atomic mass is 16.5. The summed E-state index contributed by atoms with van der Waals surface area (Å²) in [5.41, 5.74) is 2.91. The quantitative estimate of drug-likeness (QED) is 0.711. The Labute approximate surface area is 131 Å². The van der Waals surface area contributed by atoms with Gasteiger partial charge in [0.05, 0.1) is 16.6 Å². The number of rotatable bonds is 2. The molecule has 4 rings (SSSR count). The second-order valence-electron chi connectivity index (χ2n) is 5.35. The summed E-state index contributed by atoms with van der Waals surface area (Å²) in [5.74, 6) is -0.533. The van der Waals surface area contributed by atoms with Gasteiger partial charge in [-0.1, -0.05) is 30.3 Å². The van der Waals surface area contributed by atoms with Crippen molar-refractivity contribution in [2.45, 2.75) is 12.5 Å². The molecular formula is C17H13N3O3. The topological polar surface area (TPSA) is 84.1 Å². The molecule has 6 heteroatoms. The van der Waals surface area contributed by atoms with Crippen molar-refractivity contribution < 1.29 is 14.3 Å². The molecule has 6 nitrogen and oxygen atoms in total. The van der Waals surface area contributed by atoms with Crippen molar-refractivity contribution in [2.24, 2.45) is 0 Å². The molecule has 0 saturated carbocycles. The Morgan fingerprint density at radius 1 is 1.17 bits per heavy atom. The number of anilines is 1. The number of nitrogens with zero attached hydrogens (tertiary/aromatic N) is 1. The first-order chi connectivity index (χ1) is 11.2. The lowest BCUT2D eigenvalue weighted by Gasteiger charge is -2.23. The lowest BCUT2D eigenvalue weighted by atomic mass is 9.98. The lowest BCUT2D eigenvalue weighted by Crippen LogP contribution is -2.38. The van der Waals surface area contributed by atoms with Gasteiger partial charge in [-0.2, -0.15) is 0 Å². The number of amides is 1. The maximum Gasteiger partial charge on any atom is 0.339 e.